The summed E-state index contributed by atoms with van der Waals surface area (Å²) in [6, 6.07) is 0.0430. The molecule has 0 aromatic rings. The summed E-state index contributed by atoms with van der Waals surface area (Å²) in [5.41, 5.74) is -0.564. The number of amides is 3. The van der Waals surface area contributed by atoms with Crippen LogP contribution in [0.5, 0.6) is 0 Å². The van der Waals surface area contributed by atoms with E-state index in [2.05, 4.69) is 6.92 Å². The molecule has 2 heterocycles. The highest BCUT2D eigenvalue weighted by atomic mass is 16.5. The van der Waals surface area contributed by atoms with Gasteiger partial charge in [-0.3, -0.25) is 14.4 Å². The Bertz CT molecular complexity index is 549. The van der Waals surface area contributed by atoms with Gasteiger partial charge in [-0.2, -0.15) is 0 Å². The Morgan fingerprint density at radius 2 is 1.93 bits per heavy atom. The summed E-state index contributed by atoms with van der Waals surface area (Å²) in [5, 5.41) is 0. The number of ether oxygens (including phenoxy) is 1. The molecule has 7 heteroatoms. The van der Waals surface area contributed by atoms with Crippen molar-refractivity contribution in [2.75, 3.05) is 46.4 Å². The van der Waals surface area contributed by atoms with Crippen molar-refractivity contribution in [1.29, 1.82) is 0 Å². The predicted molar refractivity (Wildman–Crippen MR) is 103 cm³/mol. The maximum atomic E-state index is 12.9. The Morgan fingerprint density at radius 3 is 2.56 bits per heavy atom. The second kappa shape index (κ2) is 9.53. The molecule has 27 heavy (non-hydrogen) atoms. The van der Waals surface area contributed by atoms with Gasteiger partial charge in [-0.15, -0.1) is 0 Å². The molecule has 7 nitrogen and oxygen atoms in total. The first-order chi connectivity index (χ1) is 12.8. The molecule has 0 aromatic heterocycles. The van der Waals surface area contributed by atoms with E-state index in [4.69, 9.17) is 4.74 Å². The third kappa shape index (κ3) is 5.43. The number of nitrogens with zero attached hydrogens (tertiary/aromatic N) is 3. The summed E-state index contributed by atoms with van der Waals surface area (Å²) in [7, 11) is 1.61. The van der Waals surface area contributed by atoms with Crippen molar-refractivity contribution in [3.05, 3.63) is 0 Å². The Kier molecular flexibility index (Phi) is 7.65. The molecule has 0 aliphatic carbocycles. The largest absolute Gasteiger partial charge is 0.384 e. The lowest BCUT2D eigenvalue weighted by Crippen LogP contribution is -2.60. The summed E-state index contributed by atoms with van der Waals surface area (Å²) in [5.74, 6) is 0.156. The fourth-order valence-electron chi connectivity index (χ4n) is 4.02. The minimum atomic E-state index is -0.564. The topological polar surface area (TPSA) is 70.2 Å². The molecule has 1 atom stereocenters. The van der Waals surface area contributed by atoms with E-state index in [1.165, 1.54) is 0 Å². The van der Waals surface area contributed by atoms with Crippen LogP contribution >= 0.6 is 0 Å². The quantitative estimate of drug-likeness (QED) is 0.670. The Morgan fingerprint density at radius 1 is 1.19 bits per heavy atom. The number of unbranched alkanes of at least 4 members (excludes halogenated alkanes) is 1. The third-order valence-electron chi connectivity index (χ3n) is 5.56. The molecule has 154 valence electrons. The van der Waals surface area contributed by atoms with Gasteiger partial charge >= 0.3 is 0 Å². The summed E-state index contributed by atoms with van der Waals surface area (Å²) >= 11 is 0. The maximum Gasteiger partial charge on any atom is 0.242 e. The molecule has 0 spiro atoms. The second-order valence-corrected chi connectivity index (χ2v) is 8.37. The number of methoxy groups -OCH3 is 1. The van der Waals surface area contributed by atoms with Gasteiger partial charge in [0.05, 0.1) is 18.6 Å². The molecule has 0 bridgehead atoms. The number of hydrogen-bond donors (Lipinski definition) is 0. The van der Waals surface area contributed by atoms with Gasteiger partial charge in [0, 0.05) is 45.8 Å². The zero-order chi connectivity index (χ0) is 20.0. The van der Waals surface area contributed by atoms with Crippen LogP contribution in [-0.4, -0.2) is 84.9 Å². The molecule has 0 saturated carbocycles. The fourth-order valence-corrected chi connectivity index (χ4v) is 4.02. The van der Waals surface area contributed by atoms with Gasteiger partial charge in [0.15, 0.2) is 0 Å². The van der Waals surface area contributed by atoms with E-state index < -0.39 is 5.41 Å². The lowest BCUT2D eigenvalue weighted by Gasteiger charge is -2.44. The molecule has 3 amide bonds. The van der Waals surface area contributed by atoms with Crippen molar-refractivity contribution in [2.24, 2.45) is 5.41 Å². The van der Waals surface area contributed by atoms with E-state index in [0.717, 1.165) is 32.2 Å². The van der Waals surface area contributed by atoms with Crippen LogP contribution in [0.4, 0.5) is 0 Å². The zero-order valence-corrected chi connectivity index (χ0v) is 17.3. The molecule has 2 aliphatic rings. The van der Waals surface area contributed by atoms with E-state index in [-0.39, 0.29) is 30.3 Å². The van der Waals surface area contributed by atoms with E-state index >= 15 is 0 Å². The van der Waals surface area contributed by atoms with Crippen LogP contribution in [0, 0.1) is 5.41 Å². The van der Waals surface area contributed by atoms with Crippen LogP contribution in [-0.2, 0) is 19.1 Å². The van der Waals surface area contributed by atoms with E-state index in [9.17, 15) is 14.4 Å². The summed E-state index contributed by atoms with van der Waals surface area (Å²) in [6.07, 6.45) is 4.16. The highest BCUT2D eigenvalue weighted by Gasteiger charge is 2.38. The average Bonchev–Trinajstić information content (AvgIpc) is 2.65. The van der Waals surface area contributed by atoms with E-state index in [1.807, 2.05) is 23.6 Å². The van der Waals surface area contributed by atoms with Crippen molar-refractivity contribution in [3.63, 3.8) is 0 Å². The summed E-state index contributed by atoms with van der Waals surface area (Å²) in [6.45, 7) is 8.85. The monoisotopic (exact) mass is 381 g/mol. The average molecular weight is 382 g/mol. The number of carbonyl (C=O) groups excluding carboxylic acids is 3. The number of piperidine rings is 1. The molecule has 2 rings (SSSR count). The lowest BCUT2D eigenvalue weighted by molar-refractivity contribution is -0.152. The normalized spacial score (nSPS) is 21.6. The highest BCUT2D eigenvalue weighted by molar-refractivity contribution is 5.86. The van der Waals surface area contributed by atoms with Gasteiger partial charge in [-0.05, 0) is 33.1 Å². The first-order valence-corrected chi connectivity index (χ1v) is 10.2. The minimum absolute atomic E-state index is 0.00143. The summed E-state index contributed by atoms with van der Waals surface area (Å²) in [4.78, 5) is 43.1. The van der Waals surface area contributed by atoms with Crippen LogP contribution in [0.15, 0.2) is 0 Å². The second-order valence-electron chi connectivity index (χ2n) is 8.37. The molecule has 1 unspecified atom stereocenters. The van der Waals surface area contributed by atoms with Crippen LogP contribution in [0.2, 0.25) is 0 Å². The summed E-state index contributed by atoms with van der Waals surface area (Å²) < 4.78 is 5.19. The molecule has 0 aromatic carbocycles. The van der Waals surface area contributed by atoms with Crippen molar-refractivity contribution in [1.82, 2.24) is 14.7 Å². The zero-order valence-electron chi connectivity index (χ0n) is 17.3. The first-order valence-electron chi connectivity index (χ1n) is 10.2. The smallest absolute Gasteiger partial charge is 0.242 e. The Balaban J connectivity index is 1.94. The molecule has 0 N–H and O–H groups in total. The van der Waals surface area contributed by atoms with Crippen molar-refractivity contribution >= 4 is 17.7 Å². The molecular formula is C20H35N3O4. The number of carbonyl (C=O) groups is 3. The van der Waals surface area contributed by atoms with Gasteiger partial charge in [0.1, 0.15) is 0 Å². The van der Waals surface area contributed by atoms with Gasteiger partial charge in [0.25, 0.3) is 0 Å². The molecule has 2 aliphatic heterocycles. The van der Waals surface area contributed by atoms with Gasteiger partial charge in [0.2, 0.25) is 17.7 Å². The van der Waals surface area contributed by atoms with Gasteiger partial charge < -0.3 is 19.4 Å². The van der Waals surface area contributed by atoms with Crippen LogP contribution in [0.1, 0.15) is 52.9 Å². The van der Waals surface area contributed by atoms with Crippen molar-refractivity contribution in [3.8, 4) is 0 Å². The van der Waals surface area contributed by atoms with Crippen molar-refractivity contribution < 1.29 is 19.1 Å². The van der Waals surface area contributed by atoms with E-state index in [1.54, 1.807) is 12.0 Å². The predicted octanol–water partition coefficient (Wildman–Crippen LogP) is 1.51. The van der Waals surface area contributed by atoms with Crippen LogP contribution < -0.4 is 0 Å². The number of rotatable bonds is 7. The number of piperazine rings is 1. The minimum Gasteiger partial charge on any atom is -0.384 e. The fraction of sp³-hybridized carbons (Fsp3) is 0.850. The molecule has 2 fully saturated rings. The van der Waals surface area contributed by atoms with Crippen LogP contribution in [0.3, 0.4) is 0 Å². The first kappa shape index (κ1) is 21.7. The van der Waals surface area contributed by atoms with Crippen molar-refractivity contribution in [2.45, 2.75) is 58.9 Å². The van der Waals surface area contributed by atoms with Crippen LogP contribution in [0.25, 0.3) is 0 Å². The standard InChI is InChI=1S/C20H35N3O4/c1-5-6-9-17(24)21-11-12-23(18(25)14-21)16-8-7-10-22(13-16)19(26)20(2,3)15-27-4/h16H,5-15H2,1-4H3. The molecule has 2 saturated heterocycles. The third-order valence-corrected chi connectivity index (χ3v) is 5.56. The Labute approximate surface area is 163 Å². The lowest BCUT2D eigenvalue weighted by atomic mass is 9.91. The Hall–Kier alpha value is -1.63. The van der Waals surface area contributed by atoms with E-state index in [0.29, 0.717) is 32.7 Å². The highest BCUT2D eigenvalue weighted by Crippen LogP contribution is 2.25. The molecule has 0 radical (unpaired) electrons. The maximum absolute atomic E-state index is 12.9. The number of likely N-dealkylation sites (tertiary alicyclic amines) is 1. The molecular weight excluding hydrogens is 346 g/mol. The number of hydrogen-bond acceptors (Lipinski definition) is 4. The van der Waals surface area contributed by atoms with Gasteiger partial charge in [-0.1, -0.05) is 13.3 Å². The van der Waals surface area contributed by atoms with Gasteiger partial charge in [-0.25, -0.2) is 0 Å². The SMILES string of the molecule is CCCCC(=O)N1CCN(C2CCCN(C(=O)C(C)(C)COC)C2)C(=O)C1.